The molecule has 6 heteroatoms. The zero-order chi connectivity index (χ0) is 22.0. The number of carbonyl (C=O) groups is 1. The van der Waals surface area contributed by atoms with Gasteiger partial charge in [-0.25, -0.2) is 9.97 Å². The van der Waals surface area contributed by atoms with Gasteiger partial charge in [0, 0.05) is 36.0 Å². The third kappa shape index (κ3) is 4.20. The molecule has 0 N–H and O–H groups in total. The van der Waals surface area contributed by atoms with E-state index in [1.807, 2.05) is 29.2 Å². The summed E-state index contributed by atoms with van der Waals surface area (Å²) in [5.41, 5.74) is 3.86. The molecule has 162 valence electrons. The lowest BCUT2D eigenvalue weighted by Gasteiger charge is -2.32. The minimum atomic E-state index is 0.104. The van der Waals surface area contributed by atoms with Crippen LogP contribution < -0.4 is 9.47 Å². The molecule has 0 saturated carbocycles. The Morgan fingerprint density at radius 1 is 1.00 bits per heavy atom. The van der Waals surface area contributed by atoms with Crippen molar-refractivity contribution in [2.24, 2.45) is 0 Å². The number of hydrogen-bond donors (Lipinski definition) is 0. The van der Waals surface area contributed by atoms with Gasteiger partial charge in [0.05, 0.1) is 25.4 Å². The summed E-state index contributed by atoms with van der Waals surface area (Å²) in [6.45, 7) is 5.75. The van der Waals surface area contributed by atoms with Gasteiger partial charge in [-0.05, 0) is 42.5 Å². The van der Waals surface area contributed by atoms with Crippen LogP contribution in [0.3, 0.4) is 0 Å². The molecule has 1 aliphatic heterocycles. The molecule has 0 spiro atoms. The number of benzene rings is 2. The van der Waals surface area contributed by atoms with E-state index in [-0.39, 0.29) is 11.8 Å². The Balaban J connectivity index is 1.51. The van der Waals surface area contributed by atoms with E-state index in [1.54, 1.807) is 20.5 Å². The van der Waals surface area contributed by atoms with Crippen LogP contribution in [0.5, 0.6) is 11.5 Å². The number of nitrogens with zero attached hydrogens (tertiary/aromatic N) is 3. The Labute approximate surface area is 183 Å². The predicted molar refractivity (Wildman–Crippen MR) is 121 cm³/mol. The summed E-state index contributed by atoms with van der Waals surface area (Å²) in [6, 6.07) is 11.8. The van der Waals surface area contributed by atoms with Crippen molar-refractivity contribution in [2.45, 2.75) is 38.5 Å². The summed E-state index contributed by atoms with van der Waals surface area (Å²) >= 11 is 0. The molecule has 3 aromatic rings. The van der Waals surface area contributed by atoms with Crippen molar-refractivity contribution in [2.75, 3.05) is 27.3 Å². The number of fused-ring (bicyclic) bond motifs is 1. The monoisotopic (exact) mass is 419 g/mol. The highest BCUT2D eigenvalue weighted by atomic mass is 16.5. The second-order valence-corrected chi connectivity index (χ2v) is 8.33. The molecule has 1 fully saturated rings. The first-order valence-electron chi connectivity index (χ1n) is 10.8. The number of hydrogen-bond acceptors (Lipinski definition) is 5. The van der Waals surface area contributed by atoms with Crippen molar-refractivity contribution >= 4 is 16.8 Å². The van der Waals surface area contributed by atoms with Gasteiger partial charge in [0.1, 0.15) is 6.33 Å². The first-order valence-corrected chi connectivity index (χ1v) is 10.8. The average Bonchev–Trinajstić information content (AvgIpc) is 2.82. The number of likely N-dealkylation sites (tertiary alicyclic amines) is 1. The molecule has 0 aliphatic carbocycles. The lowest BCUT2D eigenvalue weighted by atomic mass is 9.90. The normalized spacial score (nSPS) is 14.8. The van der Waals surface area contributed by atoms with Gasteiger partial charge < -0.3 is 14.4 Å². The number of piperidine rings is 1. The zero-order valence-electron chi connectivity index (χ0n) is 18.6. The van der Waals surface area contributed by atoms with Crippen LogP contribution in [0.2, 0.25) is 0 Å². The molecule has 4 rings (SSSR count). The van der Waals surface area contributed by atoms with Gasteiger partial charge in [-0.3, -0.25) is 4.79 Å². The van der Waals surface area contributed by atoms with Gasteiger partial charge in [-0.1, -0.05) is 26.0 Å². The summed E-state index contributed by atoms with van der Waals surface area (Å²) in [6.07, 6.45) is 3.35. The Kier molecular flexibility index (Phi) is 6.07. The zero-order valence-corrected chi connectivity index (χ0v) is 18.6. The quantitative estimate of drug-likeness (QED) is 0.595. The lowest BCUT2D eigenvalue weighted by Crippen LogP contribution is -2.38. The van der Waals surface area contributed by atoms with Gasteiger partial charge in [0.2, 0.25) is 0 Å². The molecule has 2 aromatic carbocycles. The maximum atomic E-state index is 13.0. The number of amides is 1. The molecule has 1 aromatic heterocycles. The largest absolute Gasteiger partial charge is 0.493 e. The third-order valence-electron chi connectivity index (χ3n) is 6.16. The van der Waals surface area contributed by atoms with E-state index in [1.165, 1.54) is 5.56 Å². The number of carbonyl (C=O) groups excluding carboxylic acids is 1. The lowest BCUT2D eigenvalue weighted by molar-refractivity contribution is 0.0712. The van der Waals surface area contributed by atoms with Crippen LogP contribution in [0, 0.1) is 0 Å². The summed E-state index contributed by atoms with van der Waals surface area (Å²) in [7, 11) is 3.25. The van der Waals surface area contributed by atoms with E-state index < -0.39 is 0 Å². The molecule has 0 atom stereocenters. The van der Waals surface area contributed by atoms with Gasteiger partial charge in [-0.15, -0.1) is 0 Å². The minimum absolute atomic E-state index is 0.104. The number of ether oxygens (including phenoxy) is 2. The van der Waals surface area contributed by atoms with E-state index in [0.717, 1.165) is 35.0 Å². The SMILES string of the molecule is COc1cc2ncnc(C3CCN(C(=O)c4ccc(C(C)C)cc4)CC3)c2cc1OC. The van der Waals surface area contributed by atoms with Crippen LogP contribution in [0.15, 0.2) is 42.7 Å². The maximum Gasteiger partial charge on any atom is 0.253 e. The van der Waals surface area contributed by atoms with Crippen molar-refractivity contribution < 1.29 is 14.3 Å². The standard InChI is InChI=1S/C25H29N3O3/c1-16(2)17-5-7-19(8-6-17)25(29)28-11-9-18(10-12-28)24-20-13-22(30-3)23(31-4)14-21(20)26-15-27-24/h5-8,13-16,18H,9-12H2,1-4H3. The summed E-state index contributed by atoms with van der Waals surface area (Å²) in [5, 5.41) is 0.981. The smallest absolute Gasteiger partial charge is 0.253 e. The highest BCUT2D eigenvalue weighted by molar-refractivity contribution is 5.94. The minimum Gasteiger partial charge on any atom is -0.493 e. The predicted octanol–water partition coefficient (Wildman–Crippen LogP) is 4.79. The average molecular weight is 420 g/mol. The van der Waals surface area contributed by atoms with Crippen LogP contribution >= 0.6 is 0 Å². The van der Waals surface area contributed by atoms with E-state index in [0.29, 0.717) is 30.5 Å². The van der Waals surface area contributed by atoms with Crippen molar-refractivity contribution in [1.29, 1.82) is 0 Å². The van der Waals surface area contributed by atoms with E-state index >= 15 is 0 Å². The van der Waals surface area contributed by atoms with Crippen LogP contribution in [0.4, 0.5) is 0 Å². The van der Waals surface area contributed by atoms with Crippen LogP contribution in [-0.2, 0) is 0 Å². The van der Waals surface area contributed by atoms with Crippen LogP contribution in [0.1, 0.15) is 60.1 Å². The molecule has 6 nitrogen and oxygen atoms in total. The third-order valence-corrected chi connectivity index (χ3v) is 6.16. The van der Waals surface area contributed by atoms with Crippen molar-refractivity contribution in [3.05, 3.63) is 59.5 Å². The molecular formula is C25H29N3O3. The number of methoxy groups -OCH3 is 2. The highest BCUT2D eigenvalue weighted by Crippen LogP contribution is 2.36. The van der Waals surface area contributed by atoms with Gasteiger partial charge in [-0.2, -0.15) is 0 Å². The Bertz CT molecular complexity index is 1070. The highest BCUT2D eigenvalue weighted by Gasteiger charge is 2.27. The van der Waals surface area contributed by atoms with Gasteiger partial charge in [0.25, 0.3) is 5.91 Å². The van der Waals surface area contributed by atoms with Crippen LogP contribution in [-0.4, -0.2) is 48.1 Å². The summed E-state index contributed by atoms with van der Waals surface area (Å²) in [4.78, 5) is 23.9. The topological polar surface area (TPSA) is 64.6 Å². The number of aromatic nitrogens is 2. The molecule has 0 radical (unpaired) electrons. The second-order valence-electron chi connectivity index (χ2n) is 8.33. The second kappa shape index (κ2) is 8.92. The fourth-order valence-corrected chi connectivity index (χ4v) is 4.28. The molecule has 1 aliphatic rings. The van der Waals surface area contributed by atoms with Gasteiger partial charge >= 0.3 is 0 Å². The van der Waals surface area contributed by atoms with E-state index in [4.69, 9.17) is 9.47 Å². The number of rotatable bonds is 5. The van der Waals surface area contributed by atoms with Crippen molar-refractivity contribution in [3.63, 3.8) is 0 Å². The summed E-state index contributed by atoms with van der Waals surface area (Å²) in [5.74, 6) is 2.16. The summed E-state index contributed by atoms with van der Waals surface area (Å²) < 4.78 is 10.9. The molecule has 1 amide bonds. The maximum absolute atomic E-state index is 13.0. The Morgan fingerprint density at radius 3 is 2.26 bits per heavy atom. The fourth-order valence-electron chi connectivity index (χ4n) is 4.28. The first kappa shape index (κ1) is 21.1. The Hall–Kier alpha value is -3.15. The van der Waals surface area contributed by atoms with E-state index in [9.17, 15) is 4.79 Å². The molecule has 0 unspecified atom stereocenters. The molecule has 1 saturated heterocycles. The van der Waals surface area contributed by atoms with Crippen LogP contribution in [0.25, 0.3) is 10.9 Å². The fraction of sp³-hybridized carbons (Fsp3) is 0.400. The Morgan fingerprint density at radius 2 is 1.65 bits per heavy atom. The molecule has 0 bridgehead atoms. The van der Waals surface area contributed by atoms with Crippen molar-refractivity contribution in [1.82, 2.24) is 14.9 Å². The van der Waals surface area contributed by atoms with E-state index in [2.05, 4.69) is 35.9 Å². The van der Waals surface area contributed by atoms with Crippen molar-refractivity contribution in [3.8, 4) is 11.5 Å². The molecule has 2 heterocycles. The first-order chi connectivity index (χ1) is 15.0. The molecular weight excluding hydrogens is 390 g/mol. The molecule has 31 heavy (non-hydrogen) atoms. The van der Waals surface area contributed by atoms with Gasteiger partial charge in [0.15, 0.2) is 11.5 Å².